The molecule has 6 heteroatoms. The van der Waals surface area contributed by atoms with Gasteiger partial charge in [0, 0.05) is 32.4 Å². The topological polar surface area (TPSA) is 63.5 Å². The van der Waals surface area contributed by atoms with Crippen molar-refractivity contribution in [3.63, 3.8) is 0 Å². The van der Waals surface area contributed by atoms with Crippen LogP contribution in [0.15, 0.2) is 23.2 Å². The summed E-state index contributed by atoms with van der Waals surface area (Å²) in [4.78, 5) is 4.35. The molecule has 0 fully saturated rings. The van der Waals surface area contributed by atoms with Gasteiger partial charge >= 0.3 is 0 Å². The van der Waals surface area contributed by atoms with Crippen LogP contribution in [-0.4, -0.2) is 42.5 Å². The van der Waals surface area contributed by atoms with Crippen molar-refractivity contribution in [1.82, 2.24) is 20.4 Å². The van der Waals surface area contributed by atoms with Gasteiger partial charge in [-0.25, -0.2) is 0 Å². The van der Waals surface area contributed by atoms with E-state index in [1.807, 2.05) is 17.8 Å². The zero-order chi connectivity index (χ0) is 20.0. The molecule has 1 heterocycles. The number of rotatable bonds is 7. The average molecular weight is 372 g/mol. The van der Waals surface area contributed by atoms with E-state index in [-0.39, 0.29) is 6.04 Å². The van der Waals surface area contributed by atoms with Crippen LogP contribution in [0.4, 0.5) is 0 Å². The van der Waals surface area contributed by atoms with Crippen LogP contribution >= 0.6 is 0 Å². The number of aryl methyl sites for hydroxylation is 3. The van der Waals surface area contributed by atoms with Crippen molar-refractivity contribution in [1.29, 1.82) is 0 Å². The number of methoxy groups -OCH3 is 1. The van der Waals surface area contributed by atoms with Gasteiger partial charge in [0.1, 0.15) is 5.75 Å². The number of ether oxygens (including phenoxy) is 1. The first-order chi connectivity index (χ1) is 12.8. The smallest absolute Gasteiger partial charge is 0.191 e. The molecule has 0 aliphatic rings. The van der Waals surface area contributed by atoms with Crippen molar-refractivity contribution >= 4 is 5.96 Å². The normalized spacial score (nSPS) is 12.8. The van der Waals surface area contributed by atoms with E-state index in [1.54, 1.807) is 14.2 Å². The Labute approximate surface area is 163 Å². The van der Waals surface area contributed by atoms with Crippen molar-refractivity contribution in [3.8, 4) is 5.75 Å². The number of aromatic nitrogens is 2. The summed E-state index contributed by atoms with van der Waals surface area (Å²) in [6.45, 7) is 9.24. The molecule has 148 valence electrons. The van der Waals surface area contributed by atoms with Crippen LogP contribution in [0.1, 0.15) is 35.0 Å². The van der Waals surface area contributed by atoms with Gasteiger partial charge in [-0.2, -0.15) is 5.10 Å². The van der Waals surface area contributed by atoms with Crippen LogP contribution < -0.4 is 15.4 Å². The molecule has 6 nitrogen and oxygen atoms in total. The fourth-order valence-electron chi connectivity index (χ4n) is 3.32. The summed E-state index contributed by atoms with van der Waals surface area (Å²) < 4.78 is 7.40. The van der Waals surface area contributed by atoms with Gasteiger partial charge in [0.15, 0.2) is 5.96 Å². The first-order valence-electron chi connectivity index (χ1n) is 9.45. The molecule has 0 aliphatic heterocycles. The molecule has 1 unspecified atom stereocenters. The molecule has 0 spiro atoms. The van der Waals surface area contributed by atoms with Crippen LogP contribution in [0.25, 0.3) is 0 Å². The van der Waals surface area contributed by atoms with E-state index in [0.29, 0.717) is 0 Å². The molecule has 1 aromatic heterocycles. The minimum absolute atomic E-state index is 0.256. The van der Waals surface area contributed by atoms with Crippen LogP contribution in [-0.2, 0) is 19.9 Å². The second kappa shape index (κ2) is 9.44. The Hall–Kier alpha value is -2.50. The molecule has 2 N–H and O–H groups in total. The Bertz CT molecular complexity index is 794. The number of benzene rings is 1. The monoisotopic (exact) mass is 371 g/mol. The number of hydrogen-bond acceptors (Lipinski definition) is 3. The molecular weight excluding hydrogens is 338 g/mol. The molecule has 0 saturated carbocycles. The SMILES string of the molecule is CN=C(NCCc1cc(C)ccc1OC)NC(C)Cc1c(C)nn(C)c1C. The van der Waals surface area contributed by atoms with Crippen molar-refractivity contribution in [3.05, 3.63) is 46.3 Å². The van der Waals surface area contributed by atoms with E-state index in [2.05, 4.69) is 60.6 Å². The lowest BCUT2D eigenvalue weighted by Gasteiger charge is -2.18. The lowest BCUT2D eigenvalue weighted by molar-refractivity contribution is 0.409. The average Bonchev–Trinajstić information content (AvgIpc) is 2.87. The Kier molecular flexibility index (Phi) is 7.28. The van der Waals surface area contributed by atoms with Gasteiger partial charge in [-0.15, -0.1) is 0 Å². The third-order valence-electron chi connectivity index (χ3n) is 4.90. The summed E-state index contributed by atoms with van der Waals surface area (Å²) in [6.07, 6.45) is 1.79. The summed E-state index contributed by atoms with van der Waals surface area (Å²) in [5.74, 6) is 1.74. The highest BCUT2D eigenvalue weighted by molar-refractivity contribution is 5.80. The van der Waals surface area contributed by atoms with Crippen molar-refractivity contribution in [2.75, 3.05) is 20.7 Å². The van der Waals surface area contributed by atoms with E-state index in [0.717, 1.165) is 36.8 Å². The minimum Gasteiger partial charge on any atom is -0.496 e. The number of hydrogen-bond donors (Lipinski definition) is 2. The van der Waals surface area contributed by atoms with Gasteiger partial charge in [0.05, 0.1) is 12.8 Å². The Morgan fingerprint density at radius 1 is 1.30 bits per heavy atom. The predicted molar refractivity (Wildman–Crippen MR) is 112 cm³/mol. The Morgan fingerprint density at radius 3 is 2.63 bits per heavy atom. The lowest BCUT2D eigenvalue weighted by Crippen LogP contribution is -2.43. The van der Waals surface area contributed by atoms with Crippen LogP contribution in [0.2, 0.25) is 0 Å². The van der Waals surface area contributed by atoms with Gasteiger partial charge in [-0.05, 0) is 57.7 Å². The van der Waals surface area contributed by atoms with Crippen LogP contribution in [0.5, 0.6) is 5.75 Å². The highest BCUT2D eigenvalue weighted by atomic mass is 16.5. The highest BCUT2D eigenvalue weighted by Gasteiger charge is 2.14. The Balaban J connectivity index is 1.89. The van der Waals surface area contributed by atoms with Gasteiger partial charge in [-0.3, -0.25) is 9.67 Å². The molecule has 0 bridgehead atoms. The molecule has 2 rings (SSSR count). The van der Waals surface area contributed by atoms with Crippen molar-refractivity contribution < 1.29 is 4.74 Å². The second-order valence-corrected chi connectivity index (χ2v) is 7.09. The molecule has 0 amide bonds. The summed E-state index contributed by atoms with van der Waals surface area (Å²) in [6, 6.07) is 6.53. The number of nitrogens with one attached hydrogen (secondary N) is 2. The quantitative estimate of drug-likeness (QED) is 0.580. The maximum atomic E-state index is 5.46. The third-order valence-corrected chi connectivity index (χ3v) is 4.90. The standard InChI is InChI=1S/C21H33N5O/c1-14-8-9-20(27-7)18(12-14)10-11-23-21(22-5)24-15(2)13-19-16(3)25-26(6)17(19)4/h8-9,12,15H,10-11,13H2,1-7H3,(H2,22,23,24). The summed E-state index contributed by atoms with van der Waals surface area (Å²) in [5.41, 5.74) is 6.06. The van der Waals surface area contributed by atoms with Crippen molar-refractivity contribution in [2.24, 2.45) is 12.0 Å². The maximum absolute atomic E-state index is 5.46. The zero-order valence-electron chi connectivity index (χ0n) is 17.7. The minimum atomic E-state index is 0.256. The molecular formula is C21H33N5O. The van der Waals surface area contributed by atoms with E-state index in [1.165, 1.54) is 22.4 Å². The number of aliphatic imine (C=N–C) groups is 1. The Morgan fingerprint density at radius 2 is 2.04 bits per heavy atom. The summed E-state index contributed by atoms with van der Waals surface area (Å²) in [7, 11) is 5.51. The molecule has 0 saturated heterocycles. The first-order valence-corrected chi connectivity index (χ1v) is 9.45. The van der Waals surface area contributed by atoms with E-state index in [9.17, 15) is 0 Å². The number of nitrogens with zero attached hydrogens (tertiary/aromatic N) is 3. The first kappa shape index (κ1) is 20.8. The fourth-order valence-corrected chi connectivity index (χ4v) is 3.32. The van der Waals surface area contributed by atoms with E-state index < -0.39 is 0 Å². The third kappa shape index (κ3) is 5.49. The van der Waals surface area contributed by atoms with Crippen LogP contribution in [0, 0.1) is 20.8 Å². The largest absolute Gasteiger partial charge is 0.496 e. The predicted octanol–water partition coefficient (Wildman–Crippen LogP) is 2.69. The highest BCUT2D eigenvalue weighted by Crippen LogP contribution is 2.19. The van der Waals surface area contributed by atoms with Gasteiger partial charge < -0.3 is 15.4 Å². The van der Waals surface area contributed by atoms with Crippen LogP contribution in [0.3, 0.4) is 0 Å². The molecule has 0 aliphatic carbocycles. The summed E-state index contributed by atoms with van der Waals surface area (Å²) >= 11 is 0. The van der Waals surface area contributed by atoms with Crippen molar-refractivity contribution in [2.45, 2.75) is 46.6 Å². The molecule has 1 atom stereocenters. The van der Waals surface area contributed by atoms with E-state index in [4.69, 9.17) is 4.74 Å². The summed E-state index contributed by atoms with van der Waals surface area (Å²) in [5, 5.41) is 11.4. The number of guanidine groups is 1. The lowest BCUT2D eigenvalue weighted by atomic mass is 10.1. The molecule has 27 heavy (non-hydrogen) atoms. The molecule has 1 aromatic carbocycles. The van der Waals surface area contributed by atoms with E-state index >= 15 is 0 Å². The molecule has 2 aromatic rings. The second-order valence-electron chi connectivity index (χ2n) is 7.09. The zero-order valence-corrected chi connectivity index (χ0v) is 17.7. The fraction of sp³-hybridized carbons (Fsp3) is 0.524. The maximum Gasteiger partial charge on any atom is 0.191 e. The molecule has 0 radical (unpaired) electrons. The van der Waals surface area contributed by atoms with Gasteiger partial charge in [0.2, 0.25) is 0 Å². The van der Waals surface area contributed by atoms with Gasteiger partial charge in [0.25, 0.3) is 0 Å². The van der Waals surface area contributed by atoms with Gasteiger partial charge in [-0.1, -0.05) is 17.7 Å².